The topological polar surface area (TPSA) is 96.0 Å². The number of ether oxygens (including phenoxy) is 1. The average molecular weight is 490 g/mol. The van der Waals surface area contributed by atoms with Gasteiger partial charge in [-0.3, -0.25) is 13.9 Å². The maximum atomic E-state index is 13.2. The van der Waals surface area contributed by atoms with Crippen LogP contribution in [0.2, 0.25) is 0 Å². The number of methoxy groups -OCH3 is 1. The van der Waals surface area contributed by atoms with Crippen LogP contribution in [-0.2, 0) is 26.2 Å². The number of rotatable bonds is 11. The molecule has 0 heterocycles. The molecule has 8 nitrogen and oxygen atoms in total. The highest BCUT2D eigenvalue weighted by Gasteiger charge is 2.26. The molecule has 2 rings (SSSR count). The van der Waals surface area contributed by atoms with E-state index in [1.807, 2.05) is 56.3 Å². The van der Waals surface area contributed by atoms with Gasteiger partial charge in [-0.05, 0) is 62.1 Å². The molecule has 1 N–H and O–H groups in total. The van der Waals surface area contributed by atoms with E-state index in [9.17, 15) is 18.0 Å². The van der Waals surface area contributed by atoms with Crippen LogP contribution in [0.15, 0.2) is 42.5 Å². The van der Waals surface area contributed by atoms with Gasteiger partial charge in [0.2, 0.25) is 21.8 Å². The van der Waals surface area contributed by atoms with E-state index < -0.39 is 16.1 Å². The summed E-state index contributed by atoms with van der Waals surface area (Å²) in [7, 11) is -0.438. The summed E-state index contributed by atoms with van der Waals surface area (Å²) in [5.41, 5.74) is 3.24. The first-order chi connectivity index (χ1) is 16.0. The molecule has 9 heteroatoms. The molecule has 0 aliphatic rings. The summed E-state index contributed by atoms with van der Waals surface area (Å²) in [6.07, 6.45) is 1.58. The first-order valence-corrected chi connectivity index (χ1v) is 13.0. The van der Waals surface area contributed by atoms with Gasteiger partial charge in [0, 0.05) is 26.6 Å². The molecular formula is C25H35N3O5S. The van der Waals surface area contributed by atoms with Crippen molar-refractivity contribution in [1.82, 2.24) is 10.2 Å². The van der Waals surface area contributed by atoms with Crippen molar-refractivity contribution < 1.29 is 22.7 Å². The zero-order valence-corrected chi connectivity index (χ0v) is 21.6. The highest BCUT2D eigenvalue weighted by Crippen LogP contribution is 2.25. The molecule has 186 valence electrons. The zero-order chi connectivity index (χ0) is 25.5. The highest BCUT2D eigenvalue weighted by atomic mass is 32.2. The Balaban J connectivity index is 2.19. The van der Waals surface area contributed by atoms with Crippen LogP contribution in [0.5, 0.6) is 5.75 Å². The van der Waals surface area contributed by atoms with E-state index in [4.69, 9.17) is 4.74 Å². The van der Waals surface area contributed by atoms with Crippen LogP contribution >= 0.6 is 0 Å². The number of anilines is 1. The number of nitrogens with zero attached hydrogens (tertiary/aromatic N) is 2. The largest absolute Gasteiger partial charge is 0.497 e. The monoisotopic (exact) mass is 489 g/mol. The maximum Gasteiger partial charge on any atom is 0.242 e. The Bertz CT molecular complexity index is 1120. The average Bonchev–Trinajstić information content (AvgIpc) is 2.80. The molecule has 0 aliphatic carbocycles. The molecular weight excluding hydrogens is 454 g/mol. The van der Waals surface area contributed by atoms with Crippen LogP contribution in [0.1, 0.15) is 36.5 Å². The third kappa shape index (κ3) is 7.21. The van der Waals surface area contributed by atoms with Crippen molar-refractivity contribution in [3.8, 4) is 5.75 Å². The zero-order valence-electron chi connectivity index (χ0n) is 20.8. The molecule has 0 spiro atoms. The molecule has 0 saturated heterocycles. The van der Waals surface area contributed by atoms with Crippen LogP contribution in [0.3, 0.4) is 0 Å². The van der Waals surface area contributed by atoms with E-state index in [2.05, 4.69) is 5.32 Å². The quantitative estimate of drug-likeness (QED) is 0.523. The number of sulfonamides is 1. The molecule has 2 amide bonds. The highest BCUT2D eigenvalue weighted by molar-refractivity contribution is 7.92. The van der Waals surface area contributed by atoms with Crippen molar-refractivity contribution in [2.45, 2.75) is 46.2 Å². The van der Waals surface area contributed by atoms with E-state index in [1.165, 1.54) is 22.5 Å². The van der Waals surface area contributed by atoms with Crippen LogP contribution in [0.25, 0.3) is 0 Å². The van der Waals surface area contributed by atoms with Gasteiger partial charge in [-0.1, -0.05) is 24.3 Å². The van der Waals surface area contributed by atoms with Crippen molar-refractivity contribution in [3.63, 3.8) is 0 Å². The fourth-order valence-electron chi connectivity index (χ4n) is 3.73. The minimum absolute atomic E-state index is 0.0994. The summed E-state index contributed by atoms with van der Waals surface area (Å²) >= 11 is 0. The molecule has 1 unspecified atom stereocenters. The van der Waals surface area contributed by atoms with Gasteiger partial charge in [-0.2, -0.15) is 0 Å². The maximum absolute atomic E-state index is 13.2. The number of carbonyl (C=O) groups is 2. The molecule has 0 fully saturated rings. The Kier molecular flexibility index (Phi) is 9.49. The summed E-state index contributed by atoms with van der Waals surface area (Å²) in [4.78, 5) is 27.0. The predicted octanol–water partition coefficient (Wildman–Crippen LogP) is 3.02. The Morgan fingerprint density at radius 1 is 1.12 bits per heavy atom. The second-order valence-corrected chi connectivity index (χ2v) is 10.3. The Hall–Kier alpha value is -3.07. The molecule has 0 aromatic heterocycles. The first-order valence-electron chi connectivity index (χ1n) is 11.2. The fraction of sp³-hybridized carbons (Fsp3) is 0.440. The van der Waals surface area contributed by atoms with Gasteiger partial charge >= 0.3 is 0 Å². The van der Waals surface area contributed by atoms with E-state index in [0.717, 1.165) is 16.7 Å². The van der Waals surface area contributed by atoms with Crippen LogP contribution in [0, 0.1) is 13.8 Å². The Morgan fingerprint density at radius 3 is 2.44 bits per heavy atom. The molecule has 0 radical (unpaired) electrons. The first kappa shape index (κ1) is 27.2. The number of carbonyl (C=O) groups excluding carboxylic acids is 2. The number of hydrogen-bond acceptors (Lipinski definition) is 5. The molecule has 2 aromatic carbocycles. The van der Waals surface area contributed by atoms with Crippen LogP contribution in [0.4, 0.5) is 5.69 Å². The van der Waals surface area contributed by atoms with Crippen molar-refractivity contribution >= 4 is 27.5 Å². The standard InChI is InChI=1S/C25H35N3O5S/c1-18-12-13-19(2)23(15-18)28(34(6,31)32)14-8-11-24(29)27(20(3)25(30)26-4)17-21-9-7-10-22(16-21)33-5/h7,9-10,12-13,15-16,20H,8,11,14,17H2,1-6H3,(H,26,30). The second-order valence-electron chi connectivity index (χ2n) is 8.39. The smallest absolute Gasteiger partial charge is 0.242 e. The van der Waals surface area contributed by atoms with Crippen molar-refractivity contribution in [3.05, 3.63) is 59.2 Å². The third-order valence-corrected chi connectivity index (χ3v) is 6.87. The lowest BCUT2D eigenvalue weighted by Gasteiger charge is -2.29. The van der Waals surface area contributed by atoms with Crippen molar-refractivity contribution in [2.75, 3.05) is 31.3 Å². The van der Waals surface area contributed by atoms with Gasteiger partial charge in [0.1, 0.15) is 11.8 Å². The molecule has 0 bridgehead atoms. The molecule has 34 heavy (non-hydrogen) atoms. The van der Waals surface area contributed by atoms with Crippen LogP contribution < -0.4 is 14.4 Å². The number of likely N-dealkylation sites (N-methyl/N-ethyl adjacent to an activating group) is 1. The summed E-state index contributed by atoms with van der Waals surface area (Å²) < 4.78 is 31.6. The van der Waals surface area contributed by atoms with Gasteiger partial charge in [-0.25, -0.2) is 8.42 Å². The van der Waals surface area contributed by atoms with E-state index in [1.54, 1.807) is 14.0 Å². The minimum atomic E-state index is -3.53. The van der Waals surface area contributed by atoms with Crippen molar-refractivity contribution in [2.24, 2.45) is 0 Å². The van der Waals surface area contributed by atoms with Gasteiger partial charge in [0.05, 0.1) is 19.1 Å². The third-order valence-electron chi connectivity index (χ3n) is 5.69. The van der Waals surface area contributed by atoms with Gasteiger partial charge < -0.3 is 15.0 Å². The number of hydrogen-bond donors (Lipinski definition) is 1. The lowest BCUT2D eigenvalue weighted by molar-refractivity contribution is -0.140. The molecule has 2 aromatic rings. The molecule has 0 aliphatic heterocycles. The lowest BCUT2D eigenvalue weighted by atomic mass is 10.1. The SMILES string of the molecule is CNC(=O)C(C)N(Cc1cccc(OC)c1)C(=O)CCCN(c1cc(C)ccc1C)S(C)(=O)=O. The van der Waals surface area contributed by atoms with Gasteiger partial charge in [-0.15, -0.1) is 0 Å². The number of benzene rings is 2. The summed E-state index contributed by atoms with van der Waals surface area (Å²) in [5, 5.41) is 2.59. The summed E-state index contributed by atoms with van der Waals surface area (Å²) in [6.45, 7) is 5.84. The summed E-state index contributed by atoms with van der Waals surface area (Å²) in [6, 6.07) is 12.3. The number of aryl methyl sites for hydroxylation is 2. The Labute approximate surface area is 202 Å². The van der Waals surface area contributed by atoms with E-state index in [0.29, 0.717) is 17.9 Å². The molecule has 1 atom stereocenters. The number of amides is 2. The van der Waals surface area contributed by atoms with Gasteiger partial charge in [0.15, 0.2) is 0 Å². The normalized spacial score (nSPS) is 12.1. The lowest BCUT2D eigenvalue weighted by Crippen LogP contribution is -2.46. The summed E-state index contributed by atoms with van der Waals surface area (Å²) in [5.74, 6) is 0.160. The fourth-order valence-corrected chi connectivity index (χ4v) is 4.74. The second kappa shape index (κ2) is 11.9. The predicted molar refractivity (Wildman–Crippen MR) is 134 cm³/mol. The van der Waals surface area contributed by atoms with E-state index in [-0.39, 0.29) is 31.3 Å². The van der Waals surface area contributed by atoms with Crippen LogP contribution in [-0.4, -0.2) is 58.1 Å². The molecule has 0 saturated carbocycles. The van der Waals surface area contributed by atoms with Gasteiger partial charge in [0.25, 0.3) is 0 Å². The Morgan fingerprint density at radius 2 is 1.82 bits per heavy atom. The minimum Gasteiger partial charge on any atom is -0.497 e. The van der Waals surface area contributed by atoms with E-state index >= 15 is 0 Å². The number of nitrogens with one attached hydrogen (secondary N) is 1. The van der Waals surface area contributed by atoms with Crippen molar-refractivity contribution in [1.29, 1.82) is 0 Å².